The summed E-state index contributed by atoms with van der Waals surface area (Å²) in [5.74, 6) is -0.111. The molecule has 1 saturated heterocycles. The molecule has 1 fully saturated rings. The number of rotatable bonds is 9. The lowest BCUT2D eigenvalue weighted by atomic mass is 9.99. The number of ether oxygens (including phenoxy) is 2. The minimum atomic E-state index is -0.224. The highest BCUT2D eigenvalue weighted by atomic mass is 16.5. The third-order valence-electron chi connectivity index (χ3n) is 5.27. The summed E-state index contributed by atoms with van der Waals surface area (Å²) in [5, 5.41) is 0. The zero-order valence-electron chi connectivity index (χ0n) is 17.1. The van der Waals surface area contributed by atoms with E-state index in [0.29, 0.717) is 25.7 Å². The van der Waals surface area contributed by atoms with Gasteiger partial charge >= 0.3 is 5.97 Å². The smallest absolute Gasteiger partial charge is 0.305 e. The Hall–Kier alpha value is -2.50. The maximum Gasteiger partial charge on any atom is 0.305 e. The number of morpholine rings is 1. The Morgan fingerprint density at radius 2 is 1.48 bits per heavy atom. The van der Waals surface area contributed by atoms with Crippen LogP contribution in [0.1, 0.15) is 41.6 Å². The Balaban J connectivity index is 1.51. The first-order valence-electron chi connectivity index (χ1n) is 10.3. The van der Waals surface area contributed by atoms with Crippen molar-refractivity contribution in [3.05, 3.63) is 59.7 Å². The molecule has 0 saturated carbocycles. The minimum absolute atomic E-state index is 0.113. The number of esters is 1. The maximum atomic E-state index is 12.3. The summed E-state index contributed by atoms with van der Waals surface area (Å²) in [5.41, 5.74) is 4.27. The van der Waals surface area contributed by atoms with Crippen molar-refractivity contribution in [3.8, 4) is 11.1 Å². The van der Waals surface area contributed by atoms with Crippen molar-refractivity contribution in [2.75, 3.05) is 33.4 Å². The van der Waals surface area contributed by atoms with Crippen molar-refractivity contribution >= 4 is 11.8 Å². The molecular weight excluding hydrogens is 366 g/mol. The molecule has 0 N–H and O–H groups in total. The van der Waals surface area contributed by atoms with Crippen molar-refractivity contribution in [2.24, 2.45) is 0 Å². The van der Waals surface area contributed by atoms with Gasteiger partial charge in [-0.1, -0.05) is 48.5 Å². The van der Waals surface area contributed by atoms with Crippen molar-refractivity contribution in [1.29, 1.82) is 0 Å². The molecule has 0 radical (unpaired) electrons. The van der Waals surface area contributed by atoms with E-state index in [1.54, 1.807) is 0 Å². The van der Waals surface area contributed by atoms with Crippen LogP contribution in [-0.2, 0) is 20.8 Å². The Morgan fingerprint density at radius 1 is 0.897 bits per heavy atom. The van der Waals surface area contributed by atoms with Crippen LogP contribution >= 0.6 is 0 Å². The summed E-state index contributed by atoms with van der Waals surface area (Å²) >= 11 is 0. The first-order valence-corrected chi connectivity index (χ1v) is 10.3. The van der Waals surface area contributed by atoms with E-state index < -0.39 is 0 Å². The number of ketones is 1. The van der Waals surface area contributed by atoms with E-state index in [1.807, 2.05) is 24.3 Å². The number of benzene rings is 2. The summed E-state index contributed by atoms with van der Waals surface area (Å²) in [7, 11) is 1.38. The molecule has 5 heteroatoms. The standard InChI is InChI=1S/C24H29NO4/c1-28-24(27)5-3-2-4-23(26)22-12-10-21(11-13-22)20-8-6-19(7-9-20)18-25-14-16-29-17-15-25/h6-13H,2-5,14-18H2,1H3. The van der Waals surface area contributed by atoms with E-state index in [0.717, 1.165) is 49.5 Å². The number of hydrogen-bond donors (Lipinski definition) is 0. The average Bonchev–Trinajstić information content (AvgIpc) is 2.77. The predicted molar refractivity (Wildman–Crippen MR) is 113 cm³/mol. The van der Waals surface area contributed by atoms with Crippen LogP contribution in [0.3, 0.4) is 0 Å². The van der Waals surface area contributed by atoms with E-state index in [1.165, 1.54) is 12.7 Å². The predicted octanol–water partition coefficient (Wildman–Crippen LogP) is 4.10. The second-order valence-electron chi connectivity index (χ2n) is 7.37. The highest BCUT2D eigenvalue weighted by molar-refractivity contribution is 5.96. The number of hydrogen-bond acceptors (Lipinski definition) is 5. The summed E-state index contributed by atoms with van der Waals surface area (Å²) in [6.07, 6.45) is 2.18. The molecule has 0 spiro atoms. The SMILES string of the molecule is COC(=O)CCCCC(=O)c1ccc(-c2ccc(CN3CCOCC3)cc2)cc1. The molecule has 0 unspecified atom stereocenters. The van der Waals surface area contributed by atoms with Crippen LogP contribution in [-0.4, -0.2) is 50.1 Å². The topological polar surface area (TPSA) is 55.8 Å². The van der Waals surface area contributed by atoms with Gasteiger partial charge < -0.3 is 9.47 Å². The van der Waals surface area contributed by atoms with Gasteiger partial charge in [-0.05, 0) is 29.5 Å². The van der Waals surface area contributed by atoms with E-state index in [9.17, 15) is 9.59 Å². The van der Waals surface area contributed by atoms with Crippen LogP contribution in [0.5, 0.6) is 0 Å². The average molecular weight is 395 g/mol. The summed E-state index contributed by atoms with van der Waals surface area (Å²) in [6, 6.07) is 16.4. The number of Topliss-reactive ketones (excluding diaryl/α,β-unsaturated/α-hetero) is 1. The largest absolute Gasteiger partial charge is 0.469 e. The molecule has 1 heterocycles. The van der Waals surface area contributed by atoms with Crippen LogP contribution in [0.15, 0.2) is 48.5 Å². The molecule has 1 aliphatic heterocycles. The molecule has 0 atom stereocenters. The monoisotopic (exact) mass is 395 g/mol. The molecule has 0 aliphatic carbocycles. The number of nitrogens with zero attached hydrogens (tertiary/aromatic N) is 1. The Kier molecular flexibility index (Phi) is 7.96. The van der Waals surface area contributed by atoms with Gasteiger partial charge in [-0.2, -0.15) is 0 Å². The molecule has 2 aromatic rings. The minimum Gasteiger partial charge on any atom is -0.469 e. The quantitative estimate of drug-likeness (QED) is 0.363. The summed E-state index contributed by atoms with van der Waals surface area (Å²) in [4.78, 5) is 25.8. The fourth-order valence-corrected chi connectivity index (χ4v) is 3.47. The number of carbonyl (C=O) groups excluding carboxylic acids is 2. The van der Waals surface area contributed by atoms with Crippen molar-refractivity contribution in [2.45, 2.75) is 32.2 Å². The van der Waals surface area contributed by atoms with Gasteiger partial charge in [0.2, 0.25) is 0 Å². The molecular formula is C24H29NO4. The second kappa shape index (κ2) is 10.9. The van der Waals surface area contributed by atoms with Crippen LogP contribution < -0.4 is 0 Å². The number of carbonyl (C=O) groups is 2. The highest BCUT2D eigenvalue weighted by Gasteiger charge is 2.11. The molecule has 1 aliphatic rings. The molecule has 29 heavy (non-hydrogen) atoms. The first-order chi connectivity index (χ1) is 14.2. The van der Waals surface area contributed by atoms with Crippen LogP contribution in [0.4, 0.5) is 0 Å². The van der Waals surface area contributed by atoms with Gasteiger partial charge in [0.1, 0.15) is 0 Å². The van der Waals surface area contributed by atoms with E-state index >= 15 is 0 Å². The summed E-state index contributed by atoms with van der Waals surface area (Å²) < 4.78 is 10.0. The molecule has 0 aromatic heterocycles. The Morgan fingerprint density at radius 3 is 2.10 bits per heavy atom. The zero-order valence-corrected chi connectivity index (χ0v) is 17.1. The second-order valence-corrected chi connectivity index (χ2v) is 7.37. The van der Waals surface area contributed by atoms with Gasteiger partial charge in [0.25, 0.3) is 0 Å². The third-order valence-corrected chi connectivity index (χ3v) is 5.27. The first kappa shape index (κ1) is 21.2. The van der Waals surface area contributed by atoms with Crippen LogP contribution in [0.25, 0.3) is 11.1 Å². The Bertz CT molecular complexity index is 793. The van der Waals surface area contributed by atoms with E-state index in [-0.39, 0.29) is 11.8 Å². The lowest BCUT2D eigenvalue weighted by molar-refractivity contribution is -0.140. The van der Waals surface area contributed by atoms with Crippen LogP contribution in [0, 0.1) is 0 Å². The summed E-state index contributed by atoms with van der Waals surface area (Å²) in [6.45, 7) is 4.55. The Labute approximate surface area is 172 Å². The molecule has 0 bridgehead atoms. The molecule has 2 aromatic carbocycles. The maximum absolute atomic E-state index is 12.3. The fraction of sp³-hybridized carbons (Fsp3) is 0.417. The van der Waals surface area contributed by atoms with E-state index in [4.69, 9.17) is 4.74 Å². The normalized spacial score (nSPS) is 14.5. The number of unbranched alkanes of at least 4 members (excludes halogenated alkanes) is 1. The molecule has 5 nitrogen and oxygen atoms in total. The lowest BCUT2D eigenvalue weighted by Crippen LogP contribution is -2.35. The van der Waals surface area contributed by atoms with Gasteiger partial charge in [-0.25, -0.2) is 0 Å². The number of methoxy groups -OCH3 is 1. The third kappa shape index (κ3) is 6.51. The molecule has 0 amide bonds. The zero-order chi connectivity index (χ0) is 20.5. The van der Waals surface area contributed by atoms with Crippen molar-refractivity contribution in [3.63, 3.8) is 0 Å². The highest BCUT2D eigenvalue weighted by Crippen LogP contribution is 2.22. The van der Waals surface area contributed by atoms with Gasteiger partial charge in [-0.15, -0.1) is 0 Å². The van der Waals surface area contributed by atoms with Gasteiger partial charge in [0.15, 0.2) is 5.78 Å². The molecule has 3 rings (SSSR count). The van der Waals surface area contributed by atoms with E-state index in [2.05, 4.69) is 33.9 Å². The van der Waals surface area contributed by atoms with Gasteiger partial charge in [0.05, 0.1) is 20.3 Å². The fourth-order valence-electron chi connectivity index (χ4n) is 3.47. The van der Waals surface area contributed by atoms with Crippen LogP contribution in [0.2, 0.25) is 0 Å². The van der Waals surface area contributed by atoms with Gasteiger partial charge in [0, 0.05) is 38.0 Å². The molecule has 154 valence electrons. The van der Waals surface area contributed by atoms with Gasteiger partial charge in [-0.3, -0.25) is 14.5 Å². The van der Waals surface area contributed by atoms with Crippen molar-refractivity contribution < 1.29 is 19.1 Å². The van der Waals surface area contributed by atoms with Crippen molar-refractivity contribution in [1.82, 2.24) is 4.90 Å². The lowest BCUT2D eigenvalue weighted by Gasteiger charge is -2.26.